The number of carbonyl (C=O) groups excluding carboxylic acids is 1. The van der Waals surface area contributed by atoms with Gasteiger partial charge >= 0.3 is 6.09 Å². The van der Waals surface area contributed by atoms with E-state index >= 15 is 0 Å². The topological polar surface area (TPSA) is 61.8 Å². The summed E-state index contributed by atoms with van der Waals surface area (Å²) in [6.07, 6.45) is -0.286. The van der Waals surface area contributed by atoms with Crippen LogP contribution in [0.2, 0.25) is 0 Å². The third-order valence-electron chi connectivity index (χ3n) is 4.78. The molecule has 0 radical (unpaired) electrons. The van der Waals surface area contributed by atoms with Gasteiger partial charge in [-0.15, -0.1) is 0 Å². The van der Waals surface area contributed by atoms with Gasteiger partial charge in [0.05, 0.1) is 5.60 Å². The number of hydrogen-bond acceptors (Lipinski definition) is 4. The number of nitrogens with one attached hydrogen (secondary N) is 1. The van der Waals surface area contributed by atoms with Gasteiger partial charge in [-0.2, -0.15) is 0 Å². The number of amides is 1. The second-order valence-corrected chi connectivity index (χ2v) is 6.22. The van der Waals surface area contributed by atoms with Crippen LogP contribution in [0.4, 0.5) is 4.79 Å². The number of nitrogens with zero attached hydrogens (tertiary/aromatic N) is 1. The van der Waals surface area contributed by atoms with Crippen molar-refractivity contribution < 1.29 is 14.6 Å². The van der Waals surface area contributed by atoms with Gasteiger partial charge in [-0.1, -0.05) is 30.3 Å². The Morgan fingerprint density at radius 2 is 1.95 bits per heavy atom. The van der Waals surface area contributed by atoms with Crippen LogP contribution in [0, 0.1) is 11.8 Å². The minimum absolute atomic E-state index is 0.0641. The minimum Gasteiger partial charge on any atom is -0.445 e. The van der Waals surface area contributed by atoms with Crippen LogP contribution in [0.5, 0.6) is 0 Å². The standard InChI is InChI=1S/C16H22N2O3/c1-16(20)13-7-17-8-14(16)10-18(9-13)15(19)21-11-12-5-3-2-4-6-12/h2-6,13-14,17,20H,7-11H2,1H3. The van der Waals surface area contributed by atoms with Crippen LogP contribution < -0.4 is 5.32 Å². The van der Waals surface area contributed by atoms with E-state index in [0.29, 0.717) is 19.7 Å². The highest BCUT2D eigenvalue weighted by Crippen LogP contribution is 2.34. The van der Waals surface area contributed by atoms with Crippen molar-refractivity contribution in [2.75, 3.05) is 26.2 Å². The lowest BCUT2D eigenvalue weighted by Gasteiger charge is -2.51. The molecule has 2 saturated heterocycles. The SMILES string of the molecule is CC1(O)C2CNCC1CN(C(=O)OCc1ccccc1)C2. The van der Waals surface area contributed by atoms with Gasteiger partial charge < -0.3 is 20.1 Å². The second kappa shape index (κ2) is 5.66. The fourth-order valence-electron chi connectivity index (χ4n) is 3.24. The third kappa shape index (κ3) is 2.89. The molecule has 2 fully saturated rings. The predicted molar refractivity (Wildman–Crippen MR) is 78.7 cm³/mol. The summed E-state index contributed by atoms with van der Waals surface area (Å²) >= 11 is 0. The second-order valence-electron chi connectivity index (χ2n) is 6.22. The number of aliphatic hydroxyl groups is 1. The number of carbonyl (C=O) groups is 1. The maximum atomic E-state index is 12.2. The summed E-state index contributed by atoms with van der Waals surface area (Å²) in [6, 6.07) is 9.67. The van der Waals surface area contributed by atoms with Crippen molar-refractivity contribution in [2.45, 2.75) is 19.1 Å². The summed E-state index contributed by atoms with van der Waals surface area (Å²) in [5, 5.41) is 13.9. The molecule has 5 nitrogen and oxygen atoms in total. The average molecular weight is 290 g/mol. The maximum absolute atomic E-state index is 12.2. The van der Waals surface area contributed by atoms with Crippen molar-refractivity contribution in [1.29, 1.82) is 0 Å². The summed E-state index contributed by atoms with van der Waals surface area (Å²) in [5.41, 5.74) is 0.290. The van der Waals surface area contributed by atoms with Gasteiger partial charge in [0.1, 0.15) is 6.61 Å². The summed E-state index contributed by atoms with van der Waals surface area (Å²) in [5.74, 6) is 0.128. The van der Waals surface area contributed by atoms with Crippen molar-refractivity contribution in [3.63, 3.8) is 0 Å². The van der Waals surface area contributed by atoms with E-state index in [1.807, 2.05) is 37.3 Å². The van der Waals surface area contributed by atoms with E-state index in [2.05, 4.69) is 5.32 Å². The Kier molecular flexibility index (Phi) is 3.87. The first-order valence-corrected chi connectivity index (χ1v) is 7.46. The Morgan fingerprint density at radius 3 is 2.57 bits per heavy atom. The number of hydrogen-bond donors (Lipinski definition) is 2. The van der Waals surface area contributed by atoms with Crippen LogP contribution in [-0.4, -0.2) is 47.9 Å². The number of piperidine rings is 2. The summed E-state index contributed by atoms with van der Waals surface area (Å²) in [7, 11) is 0. The average Bonchev–Trinajstić information content (AvgIpc) is 2.44. The first kappa shape index (κ1) is 14.4. The normalized spacial score (nSPS) is 31.8. The van der Waals surface area contributed by atoms with Crippen molar-refractivity contribution in [2.24, 2.45) is 11.8 Å². The molecular formula is C16H22N2O3. The Morgan fingerprint density at radius 1 is 1.33 bits per heavy atom. The molecule has 0 spiro atoms. The molecular weight excluding hydrogens is 268 g/mol. The largest absolute Gasteiger partial charge is 0.445 e. The molecule has 2 aliphatic rings. The summed E-state index contributed by atoms with van der Waals surface area (Å²) in [4.78, 5) is 13.9. The predicted octanol–water partition coefficient (Wildman–Crippen LogP) is 1.23. The monoisotopic (exact) mass is 290 g/mol. The molecule has 0 saturated carbocycles. The summed E-state index contributed by atoms with van der Waals surface area (Å²) in [6.45, 7) is 4.75. The molecule has 2 atom stereocenters. The third-order valence-corrected chi connectivity index (χ3v) is 4.78. The van der Waals surface area contributed by atoms with Crippen molar-refractivity contribution in [3.05, 3.63) is 35.9 Å². The van der Waals surface area contributed by atoms with Gasteiger partial charge in [0.15, 0.2) is 0 Å². The van der Waals surface area contributed by atoms with Crippen molar-refractivity contribution in [3.8, 4) is 0 Å². The van der Waals surface area contributed by atoms with E-state index in [-0.39, 0.29) is 17.9 Å². The van der Waals surface area contributed by atoms with Crippen LogP contribution in [0.15, 0.2) is 30.3 Å². The first-order valence-electron chi connectivity index (χ1n) is 7.46. The Balaban J connectivity index is 1.59. The van der Waals surface area contributed by atoms with E-state index in [4.69, 9.17) is 4.74 Å². The maximum Gasteiger partial charge on any atom is 0.410 e. The van der Waals surface area contributed by atoms with Crippen molar-refractivity contribution in [1.82, 2.24) is 10.2 Å². The number of ether oxygens (including phenoxy) is 1. The molecule has 1 aromatic rings. The number of likely N-dealkylation sites (tertiary alicyclic amines) is 1. The van der Waals surface area contributed by atoms with Crippen LogP contribution in [-0.2, 0) is 11.3 Å². The minimum atomic E-state index is -0.693. The lowest BCUT2D eigenvalue weighted by molar-refractivity contribution is -0.114. The van der Waals surface area contributed by atoms with E-state index < -0.39 is 5.60 Å². The van der Waals surface area contributed by atoms with Gasteiger partial charge in [-0.3, -0.25) is 0 Å². The molecule has 0 aromatic heterocycles. The number of rotatable bonds is 2. The Hall–Kier alpha value is -1.59. The fraction of sp³-hybridized carbons (Fsp3) is 0.562. The molecule has 2 bridgehead atoms. The van der Waals surface area contributed by atoms with E-state index in [1.54, 1.807) is 4.90 Å². The molecule has 2 aliphatic heterocycles. The Bertz CT molecular complexity index is 488. The first-order chi connectivity index (χ1) is 10.1. The van der Waals surface area contributed by atoms with Gasteiger partial charge in [-0.05, 0) is 12.5 Å². The highest BCUT2D eigenvalue weighted by Gasteiger charge is 2.48. The van der Waals surface area contributed by atoms with E-state index in [1.165, 1.54) is 0 Å². The molecule has 114 valence electrons. The van der Waals surface area contributed by atoms with E-state index in [0.717, 1.165) is 18.7 Å². The van der Waals surface area contributed by atoms with Gasteiger partial charge in [0.2, 0.25) is 0 Å². The molecule has 21 heavy (non-hydrogen) atoms. The lowest BCUT2D eigenvalue weighted by Crippen LogP contribution is -2.65. The molecule has 2 unspecified atom stereocenters. The zero-order valence-electron chi connectivity index (χ0n) is 12.3. The molecule has 1 amide bonds. The number of fused-ring (bicyclic) bond motifs is 2. The van der Waals surface area contributed by atoms with Gasteiger partial charge in [-0.25, -0.2) is 4.79 Å². The number of benzene rings is 1. The van der Waals surface area contributed by atoms with Gasteiger partial charge in [0.25, 0.3) is 0 Å². The van der Waals surface area contributed by atoms with Crippen LogP contribution in [0.25, 0.3) is 0 Å². The highest BCUT2D eigenvalue weighted by atomic mass is 16.6. The molecule has 2 N–H and O–H groups in total. The van der Waals surface area contributed by atoms with Crippen molar-refractivity contribution >= 4 is 6.09 Å². The Labute approximate surface area is 124 Å². The lowest BCUT2D eigenvalue weighted by atomic mass is 9.72. The molecule has 0 aliphatic carbocycles. The van der Waals surface area contributed by atoms with Gasteiger partial charge in [0, 0.05) is 38.0 Å². The summed E-state index contributed by atoms with van der Waals surface area (Å²) < 4.78 is 5.39. The van der Waals surface area contributed by atoms with Crippen LogP contribution in [0.3, 0.4) is 0 Å². The molecule has 3 rings (SSSR count). The zero-order valence-corrected chi connectivity index (χ0v) is 12.3. The molecule has 2 heterocycles. The van der Waals surface area contributed by atoms with Crippen LogP contribution >= 0.6 is 0 Å². The zero-order chi connectivity index (χ0) is 14.9. The quantitative estimate of drug-likeness (QED) is 0.860. The molecule has 1 aromatic carbocycles. The smallest absolute Gasteiger partial charge is 0.410 e. The fourth-order valence-corrected chi connectivity index (χ4v) is 3.24. The molecule has 5 heteroatoms. The van der Waals surface area contributed by atoms with Crippen LogP contribution in [0.1, 0.15) is 12.5 Å². The highest BCUT2D eigenvalue weighted by molar-refractivity contribution is 5.68. The van der Waals surface area contributed by atoms with E-state index in [9.17, 15) is 9.90 Å².